The smallest absolute Gasteiger partial charge is 0.304 e. The van der Waals surface area contributed by atoms with Crippen LogP contribution in [-0.2, 0) is 11.3 Å². The summed E-state index contributed by atoms with van der Waals surface area (Å²) in [7, 11) is 0. The van der Waals surface area contributed by atoms with Gasteiger partial charge < -0.3 is 9.84 Å². The zero-order chi connectivity index (χ0) is 25.1. The molecule has 1 aliphatic heterocycles. The molecule has 1 aliphatic rings. The van der Waals surface area contributed by atoms with Gasteiger partial charge in [-0.05, 0) is 85.7 Å². The summed E-state index contributed by atoms with van der Waals surface area (Å²) in [6, 6.07) is 19.9. The molecule has 182 valence electrons. The minimum absolute atomic E-state index is 0.00166. The first-order chi connectivity index (χ1) is 16.7. The van der Waals surface area contributed by atoms with Crippen molar-refractivity contribution in [2.24, 2.45) is 0 Å². The molecule has 0 saturated heterocycles. The Bertz CT molecular complexity index is 1260. The number of aryl methyl sites for hydroxylation is 2. The molecule has 0 radical (unpaired) electrons. The Hall–Kier alpha value is -3.09. The second-order valence-electron chi connectivity index (χ2n) is 9.25. The van der Waals surface area contributed by atoms with E-state index in [9.17, 15) is 14.7 Å². The maximum Gasteiger partial charge on any atom is 0.304 e. The van der Waals surface area contributed by atoms with Crippen molar-refractivity contribution >= 4 is 23.7 Å². The maximum atomic E-state index is 11.8. The number of fused-ring (bicyclic) bond motifs is 1. The van der Waals surface area contributed by atoms with Crippen LogP contribution in [0.25, 0.3) is 0 Å². The number of nitrogens with zero attached hydrogens (tertiary/aromatic N) is 1. The van der Waals surface area contributed by atoms with E-state index in [1.54, 1.807) is 24.9 Å². The van der Waals surface area contributed by atoms with E-state index in [1.807, 2.05) is 43.3 Å². The zero-order valence-electron chi connectivity index (χ0n) is 20.6. The first-order valence-electron chi connectivity index (χ1n) is 11.8. The molecule has 0 aliphatic carbocycles. The molecule has 0 saturated carbocycles. The third kappa shape index (κ3) is 5.95. The summed E-state index contributed by atoms with van der Waals surface area (Å²) in [5.41, 5.74) is 5.80. The van der Waals surface area contributed by atoms with E-state index in [1.165, 1.54) is 0 Å². The van der Waals surface area contributed by atoms with Gasteiger partial charge in [0.2, 0.25) is 0 Å². The largest absolute Gasteiger partial charge is 0.488 e. The minimum Gasteiger partial charge on any atom is -0.488 e. The number of benzene rings is 3. The van der Waals surface area contributed by atoms with Crippen molar-refractivity contribution in [2.45, 2.75) is 57.6 Å². The molecule has 2 unspecified atom stereocenters. The standard InChI is InChI=1S/C29H31NO4S/c1-18-9-10-23(26(15-29(32)33)25-12-11-22(21(4)31)13-19(25)2)14-24(18)17-30-16-20(3)34-27-7-5-6-8-28(27)35-30/h5-14,20,26H,15-17H2,1-4H3,(H,32,33). The molecule has 0 fully saturated rings. The van der Waals surface area contributed by atoms with Crippen LogP contribution in [0.4, 0.5) is 0 Å². The van der Waals surface area contributed by atoms with Gasteiger partial charge in [0.25, 0.3) is 0 Å². The van der Waals surface area contributed by atoms with Crippen molar-refractivity contribution in [1.82, 2.24) is 4.31 Å². The Labute approximate surface area is 211 Å². The summed E-state index contributed by atoms with van der Waals surface area (Å²) in [4.78, 5) is 24.7. The molecule has 0 spiro atoms. The molecule has 4 rings (SSSR count). The number of hydrogen-bond donors (Lipinski definition) is 1. The quantitative estimate of drug-likeness (QED) is 0.306. The van der Waals surface area contributed by atoms with Crippen LogP contribution in [0.2, 0.25) is 0 Å². The van der Waals surface area contributed by atoms with Crippen molar-refractivity contribution in [3.05, 3.63) is 94.0 Å². The number of Topliss-reactive ketones (excluding diaryl/α,β-unsaturated/α-hetero) is 1. The zero-order valence-corrected chi connectivity index (χ0v) is 21.4. The summed E-state index contributed by atoms with van der Waals surface area (Å²) < 4.78 is 8.41. The predicted molar refractivity (Wildman–Crippen MR) is 139 cm³/mol. The Morgan fingerprint density at radius 2 is 1.86 bits per heavy atom. The van der Waals surface area contributed by atoms with Crippen LogP contribution in [0.3, 0.4) is 0 Å². The van der Waals surface area contributed by atoms with Crippen molar-refractivity contribution in [1.29, 1.82) is 0 Å². The van der Waals surface area contributed by atoms with Crippen LogP contribution in [0.5, 0.6) is 5.75 Å². The Kier molecular flexibility index (Phi) is 7.63. The van der Waals surface area contributed by atoms with Gasteiger partial charge in [0.05, 0.1) is 11.3 Å². The van der Waals surface area contributed by atoms with Crippen molar-refractivity contribution in [2.75, 3.05) is 6.54 Å². The number of ether oxygens (including phenoxy) is 1. The number of para-hydroxylation sites is 1. The van der Waals surface area contributed by atoms with Crippen LogP contribution in [0.1, 0.15) is 64.4 Å². The second kappa shape index (κ2) is 10.7. The van der Waals surface area contributed by atoms with Crippen LogP contribution in [0, 0.1) is 13.8 Å². The highest BCUT2D eigenvalue weighted by Gasteiger charge is 2.24. The van der Waals surface area contributed by atoms with Gasteiger partial charge >= 0.3 is 5.97 Å². The molecule has 2 atom stereocenters. The fourth-order valence-electron chi connectivity index (χ4n) is 4.57. The first kappa shape index (κ1) is 25.0. The molecule has 0 amide bonds. The van der Waals surface area contributed by atoms with E-state index in [4.69, 9.17) is 4.74 Å². The van der Waals surface area contributed by atoms with Gasteiger partial charge in [-0.1, -0.05) is 42.5 Å². The van der Waals surface area contributed by atoms with E-state index in [0.717, 1.165) is 45.0 Å². The van der Waals surface area contributed by atoms with E-state index >= 15 is 0 Å². The Morgan fingerprint density at radius 1 is 1.09 bits per heavy atom. The summed E-state index contributed by atoms with van der Waals surface area (Å²) in [5, 5.41) is 9.70. The van der Waals surface area contributed by atoms with Gasteiger partial charge in [-0.15, -0.1) is 0 Å². The van der Waals surface area contributed by atoms with Gasteiger partial charge in [0.1, 0.15) is 11.9 Å². The number of carbonyl (C=O) groups is 2. The van der Waals surface area contributed by atoms with E-state index in [-0.39, 0.29) is 24.2 Å². The lowest BCUT2D eigenvalue weighted by molar-refractivity contribution is -0.137. The van der Waals surface area contributed by atoms with Gasteiger partial charge in [0, 0.05) is 24.6 Å². The second-order valence-corrected chi connectivity index (χ2v) is 10.4. The molecule has 1 N–H and O–H groups in total. The summed E-state index contributed by atoms with van der Waals surface area (Å²) in [5.74, 6) is -0.240. The highest BCUT2D eigenvalue weighted by molar-refractivity contribution is 7.97. The third-order valence-electron chi connectivity index (χ3n) is 6.42. The summed E-state index contributed by atoms with van der Waals surface area (Å²) in [6.45, 7) is 9.14. The molecule has 3 aromatic rings. The van der Waals surface area contributed by atoms with Crippen molar-refractivity contribution < 1.29 is 19.4 Å². The van der Waals surface area contributed by atoms with Gasteiger partial charge in [0.15, 0.2) is 5.78 Å². The van der Waals surface area contributed by atoms with Gasteiger partial charge in [-0.2, -0.15) is 0 Å². The minimum atomic E-state index is -0.849. The first-order valence-corrected chi connectivity index (χ1v) is 12.6. The maximum absolute atomic E-state index is 11.8. The summed E-state index contributed by atoms with van der Waals surface area (Å²) >= 11 is 1.70. The highest BCUT2D eigenvalue weighted by Crippen LogP contribution is 2.37. The van der Waals surface area contributed by atoms with E-state index in [2.05, 4.69) is 36.4 Å². The number of carboxylic acids is 1. The number of carboxylic acid groups (broad SMARTS) is 1. The fourth-order valence-corrected chi connectivity index (χ4v) is 5.68. The lowest BCUT2D eigenvalue weighted by atomic mass is 9.84. The van der Waals surface area contributed by atoms with Crippen LogP contribution in [-0.4, -0.2) is 33.8 Å². The Balaban J connectivity index is 1.66. The van der Waals surface area contributed by atoms with Crippen LogP contribution >= 0.6 is 11.9 Å². The number of aliphatic carboxylic acids is 1. The Morgan fingerprint density at radius 3 is 2.57 bits per heavy atom. The molecule has 0 aromatic heterocycles. The number of rotatable bonds is 7. The number of ketones is 1. The molecular formula is C29H31NO4S. The monoisotopic (exact) mass is 489 g/mol. The number of carbonyl (C=O) groups excluding carboxylic acids is 1. The van der Waals surface area contributed by atoms with Gasteiger partial charge in [-0.3, -0.25) is 9.59 Å². The molecule has 3 aromatic carbocycles. The average molecular weight is 490 g/mol. The lowest BCUT2D eigenvalue weighted by Crippen LogP contribution is -2.27. The topological polar surface area (TPSA) is 66.8 Å². The van der Waals surface area contributed by atoms with Crippen LogP contribution in [0.15, 0.2) is 65.6 Å². The molecule has 5 nitrogen and oxygen atoms in total. The van der Waals surface area contributed by atoms with Crippen molar-refractivity contribution in [3.8, 4) is 5.75 Å². The molecule has 0 bridgehead atoms. The van der Waals surface area contributed by atoms with Crippen LogP contribution < -0.4 is 4.74 Å². The normalized spacial score (nSPS) is 16.6. The SMILES string of the molecule is CC(=O)c1ccc(C(CC(=O)O)c2ccc(C)c(CN3CC(C)Oc4ccccc4S3)c2)c(C)c1. The highest BCUT2D eigenvalue weighted by atomic mass is 32.2. The summed E-state index contributed by atoms with van der Waals surface area (Å²) in [6.07, 6.45) is 0.0382. The molecule has 35 heavy (non-hydrogen) atoms. The predicted octanol–water partition coefficient (Wildman–Crippen LogP) is 6.40. The third-order valence-corrected chi connectivity index (χ3v) is 7.49. The molecular weight excluding hydrogens is 458 g/mol. The van der Waals surface area contributed by atoms with E-state index in [0.29, 0.717) is 12.1 Å². The van der Waals surface area contributed by atoms with Crippen molar-refractivity contribution in [3.63, 3.8) is 0 Å². The molecule has 1 heterocycles. The van der Waals surface area contributed by atoms with Gasteiger partial charge in [-0.25, -0.2) is 4.31 Å². The van der Waals surface area contributed by atoms with E-state index < -0.39 is 5.97 Å². The number of hydrogen-bond acceptors (Lipinski definition) is 5. The lowest BCUT2D eigenvalue weighted by Gasteiger charge is -2.24. The fraction of sp³-hybridized carbons (Fsp3) is 0.310. The molecule has 6 heteroatoms. The average Bonchev–Trinajstić information content (AvgIpc) is 2.96.